The van der Waals surface area contributed by atoms with Gasteiger partial charge in [-0.15, -0.1) is 0 Å². The molecule has 2 N–H and O–H groups in total. The van der Waals surface area contributed by atoms with E-state index in [1.807, 2.05) is 6.79 Å². The summed E-state index contributed by atoms with van der Waals surface area (Å²) in [6.07, 6.45) is 2.62. The lowest BCUT2D eigenvalue weighted by Crippen LogP contribution is -2.17. The minimum atomic E-state index is -0.889. The molecule has 0 radical (unpaired) electrons. The fourth-order valence-corrected chi connectivity index (χ4v) is 0.632. The summed E-state index contributed by atoms with van der Waals surface area (Å²) in [5, 5.41) is 7.86. The van der Waals surface area contributed by atoms with Gasteiger partial charge in [0.25, 0.3) is 6.26 Å². The molecule has 0 aromatic heterocycles. The van der Waals surface area contributed by atoms with Crippen molar-refractivity contribution >= 4 is 24.8 Å². The lowest BCUT2D eigenvalue weighted by Gasteiger charge is -2.00. The van der Waals surface area contributed by atoms with Crippen LogP contribution in [0.3, 0.4) is 0 Å². The Morgan fingerprint density at radius 3 is 1.65 bits per heavy atom. The molecule has 0 rings (SSSR count). The Labute approximate surface area is 133 Å². The molecule has 0 spiro atoms. The first-order chi connectivity index (χ1) is 11.0. The molecule has 0 aromatic rings. The molecule has 0 unspecified atom stereocenters. The van der Waals surface area contributed by atoms with Gasteiger partial charge in [0.15, 0.2) is 0 Å². The maximum atomic E-state index is 10.3. The van der Waals surface area contributed by atoms with Gasteiger partial charge in [-0.2, -0.15) is 5.26 Å². The number of nitriles is 1. The van der Waals surface area contributed by atoms with Gasteiger partial charge in [0, 0.05) is 12.2 Å². The summed E-state index contributed by atoms with van der Waals surface area (Å²) < 4.78 is 17.4. The van der Waals surface area contributed by atoms with Crippen molar-refractivity contribution in [2.45, 2.75) is 0 Å². The van der Waals surface area contributed by atoms with Crippen LogP contribution >= 0.6 is 0 Å². The monoisotopic (exact) mass is 330 g/mol. The highest BCUT2D eigenvalue weighted by Crippen LogP contribution is 1.80. The van der Waals surface area contributed by atoms with Crippen LogP contribution in [0.5, 0.6) is 0 Å². The SMILES string of the molecule is C=CC(=O)OCCOC#N.C=CC(=O)OCCOC(N)=O.C=O. The number of ether oxygens (including phenoxy) is 4. The van der Waals surface area contributed by atoms with Crippen molar-refractivity contribution in [2.24, 2.45) is 5.73 Å². The largest absolute Gasteiger partial charge is 0.459 e. The first kappa shape index (κ1) is 24.7. The molecule has 0 bridgehead atoms. The summed E-state index contributed by atoms with van der Waals surface area (Å²) in [5.41, 5.74) is 4.62. The molecule has 0 fully saturated rings. The van der Waals surface area contributed by atoms with E-state index in [-0.39, 0.29) is 26.4 Å². The van der Waals surface area contributed by atoms with Crippen LogP contribution < -0.4 is 5.73 Å². The third kappa shape index (κ3) is 27.7. The number of hydrogen-bond donors (Lipinski definition) is 1. The third-order valence-electron chi connectivity index (χ3n) is 1.40. The number of primary amides is 1. The molecule has 0 saturated carbocycles. The molecule has 10 nitrogen and oxygen atoms in total. The maximum absolute atomic E-state index is 10.3. The summed E-state index contributed by atoms with van der Waals surface area (Å²) in [7, 11) is 0. The lowest BCUT2D eigenvalue weighted by molar-refractivity contribution is -0.139. The van der Waals surface area contributed by atoms with Gasteiger partial charge in [0.1, 0.15) is 33.2 Å². The maximum Gasteiger partial charge on any atom is 0.404 e. The van der Waals surface area contributed by atoms with Crippen LogP contribution in [0.25, 0.3) is 0 Å². The number of amides is 1. The van der Waals surface area contributed by atoms with Gasteiger partial charge in [-0.1, -0.05) is 13.2 Å². The Morgan fingerprint density at radius 2 is 1.30 bits per heavy atom. The molecule has 0 heterocycles. The molecule has 0 saturated heterocycles. The average molecular weight is 330 g/mol. The van der Waals surface area contributed by atoms with Gasteiger partial charge in [-0.25, -0.2) is 14.4 Å². The van der Waals surface area contributed by atoms with Crippen LogP contribution in [0.4, 0.5) is 4.79 Å². The zero-order chi connectivity index (χ0) is 18.5. The number of nitrogens with zero attached hydrogens (tertiary/aromatic N) is 1. The van der Waals surface area contributed by atoms with Crippen molar-refractivity contribution in [1.82, 2.24) is 0 Å². The van der Waals surface area contributed by atoms with Gasteiger partial charge < -0.3 is 29.5 Å². The molecule has 1 amide bonds. The van der Waals surface area contributed by atoms with Gasteiger partial charge in [-0.3, -0.25) is 0 Å². The van der Waals surface area contributed by atoms with E-state index in [0.29, 0.717) is 0 Å². The third-order valence-corrected chi connectivity index (χ3v) is 1.40. The van der Waals surface area contributed by atoms with Gasteiger partial charge in [0.2, 0.25) is 0 Å². The quantitative estimate of drug-likeness (QED) is 0.210. The molecule has 0 atom stereocenters. The number of esters is 2. The van der Waals surface area contributed by atoms with E-state index in [1.54, 1.807) is 0 Å². The van der Waals surface area contributed by atoms with Crippen molar-refractivity contribution < 1.29 is 38.1 Å². The second-order valence-corrected chi connectivity index (χ2v) is 2.85. The zero-order valence-electron chi connectivity index (χ0n) is 12.4. The van der Waals surface area contributed by atoms with E-state index in [4.69, 9.17) is 10.1 Å². The van der Waals surface area contributed by atoms with Crippen molar-refractivity contribution in [2.75, 3.05) is 26.4 Å². The van der Waals surface area contributed by atoms with Gasteiger partial charge >= 0.3 is 18.0 Å². The standard InChI is InChI=1S/C6H9NO4.C6H7NO3.CH2O/c1-2-5(8)10-3-4-11-6(7)9;1-2-6(8)10-4-3-9-5-7;1-2/h2H,1,3-4H2,(H2,7,9);2H,1,3-4H2;1H2. The van der Waals surface area contributed by atoms with E-state index >= 15 is 0 Å². The second-order valence-electron chi connectivity index (χ2n) is 2.85. The predicted octanol–water partition coefficient (Wildman–Crippen LogP) is -0.161. The van der Waals surface area contributed by atoms with Crippen molar-refractivity contribution in [3.63, 3.8) is 0 Å². The van der Waals surface area contributed by atoms with Crippen LogP contribution in [-0.4, -0.2) is 51.2 Å². The van der Waals surface area contributed by atoms with E-state index in [0.717, 1.165) is 12.2 Å². The fourth-order valence-electron chi connectivity index (χ4n) is 0.632. The van der Waals surface area contributed by atoms with Crippen LogP contribution in [0.1, 0.15) is 0 Å². The number of hydrogen-bond acceptors (Lipinski definition) is 9. The van der Waals surface area contributed by atoms with E-state index < -0.39 is 18.0 Å². The number of nitrogens with two attached hydrogens (primary N) is 1. The average Bonchev–Trinajstić information content (AvgIpc) is 2.57. The lowest BCUT2D eigenvalue weighted by atomic mass is 10.6. The molecule has 10 heteroatoms. The van der Waals surface area contributed by atoms with Gasteiger partial charge in [0.05, 0.1) is 0 Å². The molecule has 0 aliphatic heterocycles. The first-order valence-corrected chi connectivity index (χ1v) is 5.78. The highest BCUT2D eigenvalue weighted by atomic mass is 16.6. The normalized spacial score (nSPS) is 7.43. The molecular formula is C13H18N2O8. The molecule has 128 valence electrons. The summed E-state index contributed by atoms with van der Waals surface area (Å²) in [4.78, 5) is 38.6. The van der Waals surface area contributed by atoms with E-state index in [2.05, 4.69) is 37.8 Å². The topological polar surface area (TPSA) is 155 Å². The molecular weight excluding hydrogens is 312 g/mol. The highest BCUT2D eigenvalue weighted by Gasteiger charge is 1.96. The Kier molecular flexibility index (Phi) is 22.5. The summed E-state index contributed by atoms with van der Waals surface area (Å²) in [6, 6.07) is 0. The second kappa shape index (κ2) is 21.0. The van der Waals surface area contributed by atoms with E-state index in [1.165, 1.54) is 6.26 Å². The Bertz CT molecular complexity index is 417. The summed E-state index contributed by atoms with van der Waals surface area (Å²) in [5.74, 6) is -1.07. The summed E-state index contributed by atoms with van der Waals surface area (Å²) >= 11 is 0. The molecule has 0 aliphatic carbocycles. The van der Waals surface area contributed by atoms with Crippen LogP contribution in [0, 0.1) is 11.5 Å². The van der Waals surface area contributed by atoms with Crippen LogP contribution in [0.15, 0.2) is 25.3 Å². The van der Waals surface area contributed by atoms with E-state index in [9.17, 15) is 14.4 Å². The number of carbonyl (C=O) groups excluding carboxylic acids is 4. The molecule has 0 aromatic carbocycles. The summed E-state index contributed by atoms with van der Waals surface area (Å²) in [6.45, 7) is 8.48. The van der Waals surface area contributed by atoms with Crippen LogP contribution in [0.2, 0.25) is 0 Å². The van der Waals surface area contributed by atoms with Crippen molar-refractivity contribution in [3.8, 4) is 6.26 Å². The molecule has 23 heavy (non-hydrogen) atoms. The Morgan fingerprint density at radius 1 is 0.913 bits per heavy atom. The Hall–Kier alpha value is -3.35. The first-order valence-electron chi connectivity index (χ1n) is 5.78. The minimum absolute atomic E-state index is 0.00616. The number of rotatable bonds is 8. The highest BCUT2D eigenvalue weighted by molar-refractivity contribution is 5.81. The minimum Gasteiger partial charge on any atom is -0.459 e. The predicted molar refractivity (Wildman–Crippen MR) is 76.5 cm³/mol. The Balaban J connectivity index is -0.000000315. The molecule has 0 aliphatic rings. The van der Waals surface area contributed by atoms with Gasteiger partial charge in [-0.05, 0) is 0 Å². The van der Waals surface area contributed by atoms with Crippen molar-refractivity contribution in [3.05, 3.63) is 25.3 Å². The van der Waals surface area contributed by atoms with Crippen LogP contribution in [-0.2, 0) is 33.3 Å². The smallest absolute Gasteiger partial charge is 0.404 e. The fraction of sp³-hybridized carbons (Fsp3) is 0.308. The van der Waals surface area contributed by atoms with Crippen molar-refractivity contribution in [1.29, 1.82) is 5.26 Å². The zero-order valence-corrected chi connectivity index (χ0v) is 12.4. The number of carbonyl (C=O) groups is 4.